The molecule has 1 atom stereocenters. The summed E-state index contributed by atoms with van der Waals surface area (Å²) < 4.78 is 11.2. The van der Waals surface area contributed by atoms with Crippen LogP contribution >= 0.6 is 0 Å². The minimum absolute atomic E-state index is 0.0172. The molecule has 0 aliphatic carbocycles. The lowest BCUT2D eigenvalue weighted by molar-refractivity contribution is -0.140. The number of nitrogens with zero attached hydrogens (tertiary/aromatic N) is 1. The predicted octanol–water partition coefficient (Wildman–Crippen LogP) is 3.64. The second kappa shape index (κ2) is 10.3. The van der Waals surface area contributed by atoms with Gasteiger partial charge in [0.05, 0.1) is 0 Å². The molecule has 6 nitrogen and oxygen atoms in total. The van der Waals surface area contributed by atoms with Gasteiger partial charge in [-0.15, -0.1) is 0 Å². The van der Waals surface area contributed by atoms with E-state index in [4.69, 9.17) is 9.47 Å². The number of aryl methyl sites for hydroxylation is 2. The van der Waals surface area contributed by atoms with Crippen LogP contribution in [0, 0.1) is 6.92 Å². The number of amides is 2. The van der Waals surface area contributed by atoms with Crippen molar-refractivity contribution in [2.75, 3.05) is 13.2 Å². The maximum Gasteiger partial charge on any atom is 0.242 e. The Morgan fingerprint density at radius 2 is 1.74 bits per heavy atom. The molecule has 31 heavy (non-hydrogen) atoms. The maximum absolute atomic E-state index is 13.2. The summed E-state index contributed by atoms with van der Waals surface area (Å²) in [6, 6.07) is 13.3. The Morgan fingerprint density at radius 1 is 1.00 bits per heavy atom. The molecular weight excluding hydrogens is 392 g/mol. The largest absolute Gasteiger partial charge is 0.486 e. The third-order valence-corrected chi connectivity index (χ3v) is 5.27. The van der Waals surface area contributed by atoms with Gasteiger partial charge in [0, 0.05) is 19.0 Å². The molecule has 3 rings (SSSR count). The van der Waals surface area contributed by atoms with Crippen LogP contribution in [-0.2, 0) is 22.6 Å². The van der Waals surface area contributed by atoms with Gasteiger partial charge in [-0.25, -0.2) is 0 Å². The van der Waals surface area contributed by atoms with Crippen LogP contribution in [0.4, 0.5) is 0 Å². The van der Waals surface area contributed by atoms with Crippen molar-refractivity contribution >= 4 is 11.8 Å². The number of nitrogens with one attached hydrogen (secondary N) is 1. The van der Waals surface area contributed by atoms with Gasteiger partial charge in [0.1, 0.15) is 19.3 Å². The Labute approximate surface area is 184 Å². The number of hydrogen-bond donors (Lipinski definition) is 1. The standard InChI is InChI=1S/C25H32N2O4/c1-17(2)26-25(29)19(4)27(16-21-7-5-6-18(3)14-21)24(28)11-9-20-8-10-22-23(15-20)31-13-12-30-22/h5-8,10,14-15,17,19H,9,11-13,16H2,1-4H3,(H,26,29)/t19-/m1/s1. The highest BCUT2D eigenvalue weighted by molar-refractivity contribution is 5.87. The van der Waals surface area contributed by atoms with Gasteiger partial charge in [0.2, 0.25) is 11.8 Å². The average Bonchev–Trinajstić information content (AvgIpc) is 2.74. The van der Waals surface area contributed by atoms with Gasteiger partial charge in [-0.3, -0.25) is 9.59 Å². The molecule has 2 aromatic carbocycles. The van der Waals surface area contributed by atoms with Gasteiger partial charge in [-0.1, -0.05) is 35.9 Å². The normalized spacial score (nSPS) is 13.6. The summed E-state index contributed by atoms with van der Waals surface area (Å²) in [5.41, 5.74) is 3.14. The summed E-state index contributed by atoms with van der Waals surface area (Å²) in [5, 5.41) is 2.92. The van der Waals surface area contributed by atoms with Crippen LogP contribution in [0.2, 0.25) is 0 Å². The highest BCUT2D eigenvalue weighted by atomic mass is 16.6. The monoisotopic (exact) mass is 424 g/mol. The fraction of sp³-hybridized carbons (Fsp3) is 0.440. The first-order valence-corrected chi connectivity index (χ1v) is 10.9. The van der Waals surface area contributed by atoms with Gasteiger partial charge >= 0.3 is 0 Å². The molecule has 0 saturated heterocycles. The van der Waals surface area contributed by atoms with Gasteiger partial charge in [0.25, 0.3) is 0 Å². The van der Waals surface area contributed by atoms with E-state index in [1.54, 1.807) is 11.8 Å². The number of ether oxygens (including phenoxy) is 2. The first-order chi connectivity index (χ1) is 14.8. The second-order valence-electron chi connectivity index (χ2n) is 8.33. The SMILES string of the molecule is Cc1cccc(CN(C(=O)CCc2ccc3c(c2)OCCO3)[C@H](C)C(=O)NC(C)C)c1. The quantitative estimate of drug-likeness (QED) is 0.703. The minimum atomic E-state index is -0.560. The van der Waals surface area contributed by atoms with E-state index in [9.17, 15) is 9.59 Å². The van der Waals surface area contributed by atoms with Crippen LogP contribution in [0.1, 0.15) is 43.9 Å². The van der Waals surface area contributed by atoms with Crippen molar-refractivity contribution in [3.63, 3.8) is 0 Å². The number of rotatable bonds is 8. The maximum atomic E-state index is 13.2. The Balaban J connectivity index is 1.72. The molecule has 0 spiro atoms. The van der Waals surface area contributed by atoms with Crippen LogP contribution in [0.25, 0.3) is 0 Å². The number of carbonyl (C=O) groups excluding carboxylic acids is 2. The zero-order chi connectivity index (χ0) is 22.4. The second-order valence-corrected chi connectivity index (χ2v) is 8.33. The molecule has 1 N–H and O–H groups in total. The lowest BCUT2D eigenvalue weighted by Crippen LogP contribution is -2.49. The van der Waals surface area contributed by atoms with E-state index < -0.39 is 6.04 Å². The van der Waals surface area contributed by atoms with E-state index in [0.717, 1.165) is 28.2 Å². The van der Waals surface area contributed by atoms with Crippen LogP contribution in [0.15, 0.2) is 42.5 Å². The Hall–Kier alpha value is -3.02. The first kappa shape index (κ1) is 22.7. The summed E-state index contributed by atoms with van der Waals surface area (Å²) in [6.45, 7) is 9.12. The van der Waals surface area contributed by atoms with E-state index in [-0.39, 0.29) is 17.9 Å². The topological polar surface area (TPSA) is 67.9 Å². The van der Waals surface area contributed by atoms with Crippen molar-refractivity contribution in [3.05, 3.63) is 59.2 Å². The van der Waals surface area contributed by atoms with Crippen molar-refractivity contribution in [1.29, 1.82) is 0 Å². The first-order valence-electron chi connectivity index (χ1n) is 10.9. The van der Waals surface area contributed by atoms with Crippen LogP contribution < -0.4 is 14.8 Å². The summed E-state index contributed by atoms with van der Waals surface area (Å²) in [4.78, 5) is 27.5. The molecular formula is C25H32N2O4. The van der Waals surface area contributed by atoms with E-state index in [2.05, 4.69) is 5.32 Å². The molecule has 1 heterocycles. The van der Waals surface area contributed by atoms with E-state index in [1.165, 1.54) is 0 Å². The molecule has 0 radical (unpaired) electrons. The number of carbonyl (C=O) groups is 2. The third kappa shape index (κ3) is 6.23. The Morgan fingerprint density at radius 3 is 2.45 bits per heavy atom. The lowest BCUT2D eigenvalue weighted by atomic mass is 10.1. The summed E-state index contributed by atoms with van der Waals surface area (Å²) >= 11 is 0. The molecule has 0 unspecified atom stereocenters. The summed E-state index contributed by atoms with van der Waals surface area (Å²) in [5.74, 6) is 1.26. The van der Waals surface area contributed by atoms with Crippen molar-refractivity contribution in [1.82, 2.24) is 10.2 Å². The van der Waals surface area contributed by atoms with E-state index >= 15 is 0 Å². The lowest BCUT2D eigenvalue weighted by Gasteiger charge is -2.29. The van der Waals surface area contributed by atoms with Crippen molar-refractivity contribution < 1.29 is 19.1 Å². The summed E-state index contributed by atoms with van der Waals surface area (Å²) in [7, 11) is 0. The minimum Gasteiger partial charge on any atom is -0.486 e. The van der Waals surface area contributed by atoms with Crippen molar-refractivity contribution in [2.45, 2.75) is 59.2 Å². The fourth-order valence-electron chi connectivity index (χ4n) is 3.63. The smallest absolute Gasteiger partial charge is 0.242 e. The molecule has 6 heteroatoms. The van der Waals surface area contributed by atoms with Crippen LogP contribution in [-0.4, -0.2) is 42.0 Å². The average molecular weight is 425 g/mol. The van der Waals surface area contributed by atoms with Gasteiger partial charge in [-0.2, -0.15) is 0 Å². The highest BCUT2D eigenvalue weighted by Crippen LogP contribution is 2.31. The zero-order valence-electron chi connectivity index (χ0n) is 18.8. The number of benzene rings is 2. The van der Waals surface area contributed by atoms with E-state index in [0.29, 0.717) is 32.6 Å². The van der Waals surface area contributed by atoms with E-state index in [1.807, 2.05) is 63.2 Å². The summed E-state index contributed by atoms with van der Waals surface area (Å²) in [6.07, 6.45) is 0.878. The molecule has 0 aromatic heterocycles. The van der Waals surface area contributed by atoms with Crippen molar-refractivity contribution in [2.24, 2.45) is 0 Å². The number of hydrogen-bond acceptors (Lipinski definition) is 4. The van der Waals surface area contributed by atoms with Gasteiger partial charge in [-0.05, 0) is 57.4 Å². The molecule has 0 bridgehead atoms. The molecule has 0 fully saturated rings. The Bertz CT molecular complexity index is 925. The molecule has 1 aliphatic heterocycles. The highest BCUT2D eigenvalue weighted by Gasteiger charge is 2.26. The molecule has 2 amide bonds. The van der Waals surface area contributed by atoms with Crippen LogP contribution in [0.5, 0.6) is 11.5 Å². The molecule has 1 aliphatic rings. The third-order valence-electron chi connectivity index (χ3n) is 5.27. The van der Waals surface area contributed by atoms with Crippen molar-refractivity contribution in [3.8, 4) is 11.5 Å². The Kier molecular flexibility index (Phi) is 7.55. The molecule has 0 saturated carbocycles. The number of fused-ring (bicyclic) bond motifs is 1. The van der Waals surface area contributed by atoms with Crippen LogP contribution in [0.3, 0.4) is 0 Å². The zero-order valence-corrected chi connectivity index (χ0v) is 18.8. The van der Waals surface area contributed by atoms with Gasteiger partial charge < -0.3 is 19.7 Å². The van der Waals surface area contributed by atoms with Gasteiger partial charge in [0.15, 0.2) is 11.5 Å². The predicted molar refractivity (Wildman–Crippen MR) is 120 cm³/mol. The fourth-order valence-corrected chi connectivity index (χ4v) is 3.63. The molecule has 166 valence electrons. The molecule has 2 aromatic rings.